The molecule has 3 rings (SSSR count). The molecule has 3 heteroatoms. The van der Waals surface area contributed by atoms with Crippen molar-refractivity contribution < 1.29 is 0 Å². The van der Waals surface area contributed by atoms with E-state index in [-0.39, 0.29) is 6.04 Å². The second kappa shape index (κ2) is 5.22. The molecule has 19 heavy (non-hydrogen) atoms. The highest BCUT2D eigenvalue weighted by Crippen LogP contribution is 2.39. The lowest BCUT2D eigenvalue weighted by atomic mass is 9.72. The van der Waals surface area contributed by atoms with Crippen molar-refractivity contribution in [2.24, 2.45) is 23.5 Å². The third-order valence-corrected chi connectivity index (χ3v) is 5.71. The molecule has 2 N–H and O–H groups in total. The minimum atomic E-state index is 0.147. The number of hydrogen-bond acceptors (Lipinski definition) is 3. The average molecular weight is 274 g/mol. The molecular weight excluding hydrogens is 252 g/mol. The van der Waals surface area contributed by atoms with Gasteiger partial charge in [-0.2, -0.15) is 0 Å². The SMILES string of the molecule is CC1CCC(C(N)c2cnc3ccsc3c2)CC1C. The number of aromatic nitrogens is 1. The normalized spacial score (nSPS) is 29.5. The number of nitrogens with zero attached hydrogens (tertiary/aromatic N) is 1. The number of hydrogen-bond donors (Lipinski definition) is 1. The zero-order valence-electron chi connectivity index (χ0n) is 11.7. The average Bonchev–Trinajstić information content (AvgIpc) is 2.88. The summed E-state index contributed by atoms with van der Waals surface area (Å²) in [6, 6.07) is 4.45. The van der Waals surface area contributed by atoms with Crippen molar-refractivity contribution in [3.05, 3.63) is 29.3 Å². The molecule has 0 amide bonds. The van der Waals surface area contributed by atoms with Gasteiger partial charge in [0, 0.05) is 12.2 Å². The van der Waals surface area contributed by atoms with Crippen LogP contribution in [0.25, 0.3) is 10.2 Å². The topological polar surface area (TPSA) is 38.9 Å². The molecule has 4 atom stereocenters. The van der Waals surface area contributed by atoms with Crippen LogP contribution in [0.15, 0.2) is 23.7 Å². The maximum atomic E-state index is 6.50. The summed E-state index contributed by atoms with van der Waals surface area (Å²) in [5.41, 5.74) is 8.80. The van der Waals surface area contributed by atoms with Crippen LogP contribution in [0, 0.1) is 17.8 Å². The number of fused-ring (bicyclic) bond motifs is 1. The largest absolute Gasteiger partial charge is 0.324 e. The Morgan fingerprint density at radius 3 is 2.95 bits per heavy atom. The molecule has 2 aromatic rings. The Labute approximate surface area is 119 Å². The Kier molecular flexibility index (Phi) is 3.59. The van der Waals surface area contributed by atoms with E-state index in [0.29, 0.717) is 5.92 Å². The Bertz CT molecular complexity index is 563. The third-order valence-electron chi connectivity index (χ3n) is 4.86. The molecular formula is C16H22N2S. The van der Waals surface area contributed by atoms with Gasteiger partial charge in [0.15, 0.2) is 0 Å². The molecule has 4 unspecified atom stereocenters. The Balaban J connectivity index is 1.80. The van der Waals surface area contributed by atoms with Gasteiger partial charge in [0.05, 0.1) is 10.2 Å². The van der Waals surface area contributed by atoms with Gasteiger partial charge in [-0.15, -0.1) is 11.3 Å². The van der Waals surface area contributed by atoms with Crippen molar-refractivity contribution in [2.45, 2.75) is 39.2 Å². The fourth-order valence-corrected chi connectivity index (χ4v) is 4.02. The maximum absolute atomic E-state index is 6.50. The third kappa shape index (κ3) is 2.54. The van der Waals surface area contributed by atoms with E-state index >= 15 is 0 Å². The molecule has 0 saturated heterocycles. The highest BCUT2D eigenvalue weighted by atomic mass is 32.1. The summed E-state index contributed by atoms with van der Waals surface area (Å²) in [7, 11) is 0. The molecule has 0 aliphatic heterocycles. The van der Waals surface area contributed by atoms with Gasteiger partial charge in [-0.25, -0.2) is 0 Å². The summed E-state index contributed by atoms with van der Waals surface area (Å²) in [6.07, 6.45) is 5.80. The summed E-state index contributed by atoms with van der Waals surface area (Å²) in [6.45, 7) is 4.73. The monoisotopic (exact) mass is 274 g/mol. The van der Waals surface area contributed by atoms with Crippen LogP contribution >= 0.6 is 11.3 Å². The van der Waals surface area contributed by atoms with Crippen LogP contribution in [0.4, 0.5) is 0 Å². The van der Waals surface area contributed by atoms with Gasteiger partial charge < -0.3 is 5.73 Å². The van der Waals surface area contributed by atoms with E-state index in [1.807, 2.05) is 6.20 Å². The number of rotatable bonds is 2. The van der Waals surface area contributed by atoms with Crippen molar-refractivity contribution >= 4 is 21.6 Å². The van der Waals surface area contributed by atoms with Crippen LogP contribution < -0.4 is 5.73 Å². The predicted octanol–water partition coefficient (Wildman–Crippen LogP) is 4.37. The van der Waals surface area contributed by atoms with Crippen LogP contribution in [0.1, 0.15) is 44.7 Å². The molecule has 0 aromatic carbocycles. The number of pyridine rings is 1. The minimum Gasteiger partial charge on any atom is -0.324 e. The van der Waals surface area contributed by atoms with Gasteiger partial charge in [-0.1, -0.05) is 20.3 Å². The molecule has 1 saturated carbocycles. The van der Waals surface area contributed by atoms with Crippen molar-refractivity contribution in [3.63, 3.8) is 0 Å². The van der Waals surface area contributed by atoms with Gasteiger partial charge in [-0.3, -0.25) is 4.98 Å². The molecule has 0 spiro atoms. The summed E-state index contributed by atoms with van der Waals surface area (Å²) < 4.78 is 1.25. The summed E-state index contributed by atoms with van der Waals surface area (Å²) in [4.78, 5) is 4.52. The van der Waals surface area contributed by atoms with E-state index in [1.165, 1.54) is 29.5 Å². The first kappa shape index (κ1) is 13.1. The summed E-state index contributed by atoms with van der Waals surface area (Å²) in [5, 5.41) is 2.09. The lowest BCUT2D eigenvalue weighted by Gasteiger charge is -2.35. The second-order valence-electron chi connectivity index (χ2n) is 6.13. The van der Waals surface area contributed by atoms with Crippen LogP contribution in [-0.2, 0) is 0 Å². The number of thiophene rings is 1. The molecule has 2 aromatic heterocycles. The Morgan fingerprint density at radius 2 is 2.16 bits per heavy atom. The summed E-state index contributed by atoms with van der Waals surface area (Å²) in [5.74, 6) is 2.26. The molecule has 0 radical (unpaired) electrons. The fraction of sp³-hybridized carbons (Fsp3) is 0.562. The quantitative estimate of drug-likeness (QED) is 0.883. The highest BCUT2D eigenvalue weighted by Gasteiger charge is 2.29. The second-order valence-corrected chi connectivity index (χ2v) is 7.07. The van der Waals surface area contributed by atoms with Gasteiger partial charge in [0.1, 0.15) is 0 Å². The predicted molar refractivity (Wildman–Crippen MR) is 82.2 cm³/mol. The van der Waals surface area contributed by atoms with Crippen molar-refractivity contribution in [1.82, 2.24) is 4.98 Å². The van der Waals surface area contributed by atoms with E-state index < -0.39 is 0 Å². The lowest BCUT2D eigenvalue weighted by Crippen LogP contribution is -2.29. The van der Waals surface area contributed by atoms with Gasteiger partial charge in [0.2, 0.25) is 0 Å². The zero-order chi connectivity index (χ0) is 13.4. The fourth-order valence-electron chi connectivity index (χ4n) is 3.23. The van der Waals surface area contributed by atoms with Gasteiger partial charge in [-0.05, 0) is 53.7 Å². The van der Waals surface area contributed by atoms with Crippen molar-refractivity contribution in [1.29, 1.82) is 0 Å². The summed E-state index contributed by atoms with van der Waals surface area (Å²) >= 11 is 1.75. The Hall–Kier alpha value is -0.930. The van der Waals surface area contributed by atoms with Crippen LogP contribution in [0.3, 0.4) is 0 Å². The van der Waals surface area contributed by atoms with E-state index in [4.69, 9.17) is 5.73 Å². The van der Waals surface area contributed by atoms with Gasteiger partial charge >= 0.3 is 0 Å². The Morgan fingerprint density at radius 1 is 1.32 bits per heavy atom. The molecule has 0 bridgehead atoms. The van der Waals surface area contributed by atoms with Crippen LogP contribution in [0.5, 0.6) is 0 Å². The van der Waals surface area contributed by atoms with Crippen molar-refractivity contribution in [3.8, 4) is 0 Å². The smallest absolute Gasteiger partial charge is 0.0809 e. The molecule has 1 aliphatic carbocycles. The molecule has 1 fully saturated rings. The van der Waals surface area contributed by atoms with E-state index in [1.54, 1.807) is 11.3 Å². The molecule has 2 heterocycles. The molecule has 2 nitrogen and oxygen atoms in total. The van der Waals surface area contributed by atoms with Crippen LogP contribution in [0.2, 0.25) is 0 Å². The first-order valence-corrected chi connectivity index (χ1v) is 8.12. The van der Waals surface area contributed by atoms with Crippen LogP contribution in [-0.4, -0.2) is 4.98 Å². The van der Waals surface area contributed by atoms with E-state index in [0.717, 1.165) is 17.4 Å². The molecule has 102 valence electrons. The lowest BCUT2D eigenvalue weighted by molar-refractivity contribution is 0.186. The zero-order valence-corrected chi connectivity index (χ0v) is 12.5. The van der Waals surface area contributed by atoms with Gasteiger partial charge in [0.25, 0.3) is 0 Å². The number of nitrogens with two attached hydrogens (primary N) is 1. The first-order valence-electron chi connectivity index (χ1n) is 7.24. The maximum Gasteiger partial charge on any atom is 0.0809 e. The minimum absolute atomic E-state index is 0.147. The highest BCUT2D eigenvalue weighted by molar-refractivity contribution is 7.17. The van der Waals surface area contributed by atoms with E-state index in [2.05, 4.69) is 36.3 Å². The standard InChI is InChI=1S/C16H22N2S/c1-10-3-4-12(7-11(10)2)16(17)13-8-15-14(18-9-13)5-6-19-15/h5-6,8-12,16H,3-4,7,17H2,1-2H3. The van der Waals surface area contributed by atoms with Crippen molar-refractivity contribution in [2.75, 3.05) is 0 Å². The molecule has 1 aliphatic rings. The first-order chi connectivity index (χ1) is 9.15. The van der Waals surface area contributed by atoms with E-state index in [9.17, 15) is 0 Å².